The first-order valence-corrected chi connectivity index (χ1v) is 8.55. The second-order valence-corrected chi connectivity index (χ2v) is 6.51. The molecule has 2 aromatic carbocycles. The molecule has 5 nitrogen and oxygen atoms in total. The molecule has 0 heterocycles. The molecule has 0 saturated heterocycles. The van der Waals surface area contributed by atoms with Crippen molar-refractivity contribution < 1.29 is 14.0 Å². The molecular formula is C20H24FN3O2. The van der Waals surface area contributed by atoms with Crippen molar-refractivity contribution in [2.24, 2.45) is 5.73 Å². The van der Waals surface area contributed by atoms with Gasteiger partial charge in [0.1, 0.15) is 5.82 Å². The number of halogens is 1. The largest absolute Gasteiger partial charge is 0.350 e. The molecule has 26 heavy (non-hydrogen) atoms. The zero-order valence-electron chi connectivity index (χ0n) is 15.0. The highest BCUT2D eigenvalue weighted by atomic mass is 19.1. The molecule has 0 aliphatic rings. The second kappa shape index (κ2) is 8.58. The molecule has 0 bridgehead atoms. The number of benzene rings is 2. The number of nitrogens with one attached hydrogen (secondary N) is 2. The van der Waals surface area contributed by atoms with Crippen LogP contribution in [0.4, 0.5) is 10.1 Å². The van der Waals surface area contributed by atoms with E-state index in [1.807, 2.05) is 13.0 Å². The van der Waals surface area contributed by atoms with Crippen LogP contribution >= 0.6 is 0 Å². The number of amides is 2. The molecule has 138 valence electrons. The van der Waals surface area contributed by atoms with E-state index in [4.69, 9.17) is 5.73 Å². The monoisotopic (exact) mass is 357 g/mol. The molecule has 1 atom stereocenters. The highest BCUT2D eigenvalue weighted by molar-refractivity contribution is 6.04. The van der Waals surface area contributed by atoms with Crippen LogP contribution in [0, 0.1) is 5.82 Å². The van der Waals surface area contributed by atoms with Crippen LogP contribution in [0.3, 0.4) is 0 Å². The topological polar surface area (TPSA) is 84.2 Å². The Morgan fingerprint density at radius 1 is 1.15 bits per heavy atom. The van der Waals surface area contributed by atoms with Gasteiger partial charge in [0.05, 0.1) is 5.54 Å². The van der Waals surface area contributed by atoms with E-state index in [2.05, 4.69) is 10.6 Å². The molecule has 0 saturated carbocycles. The summed E-state index contributed by atoms with van der Waals surface area (Å²) >= 11 is 0. The maximum atomic E-state index is 13.2. The quantitative estimate of drug-likeness (QED) is 0.711. The molecule has 2 aromatic rings. The summed E-state index contributed by atoms with van der Waals surface area (Å²) < 4.78 is 13.2. The average molecular weight is 357 g/mol. The van der Waals surface area contributed by atoms with Crippen LogP contribution in [0.15, 0.2) is 48.5 Å². The zero-order chi connectivity index (χ0) is 19.2. The fourth-order valence-corrected chi connectivity index (χ4v) is 2.61. The standard InChI is InChI=1S/C20H24FN3O2/c1-3-10-20(2,22)19(26)23-13-14-6-4-9-17(11-14)24-18(25)15-7-5-8-16(21)12-15/h4-9,11-12H,3,10,13,22H2,1-2H3,(H,23,26)(H,24,25). The average Bonchev–Trinajstić information content (AvgIpc) is 2.60. The van der Waals surface area contributed by atoms with Gasteiger partial charge in [-0.1, -0.05) is 31.5 Å². The maximum absolute atomic E-state index is 13.2. The summed E-state index contributed by atoms with van der Waals surface area (Å²) in [6.45, 7) is 3.99. The van der Waals surface area contributed by atoms with E-state index in [1.165, 1.54) is 24.3 Å². The molecule has 0 aliphatic heterocycles. The van der Waals surface area contributed by atoms with Crippen molar-refractivity contribution in [3.63, 3.8) is 0 Å². The molecule has 0 radical (unpaired) electrons. The van der Waals surface area contributed by atoms with Crippen LogP contribution in [-0.4, -0.2) is 17.4 Å². The third-order valence-electron chi connectivity index (χ3n) is 4.01. The van der Waals surface area contributed by atoms with E-state index in [9.17, 15) is 14.0 Å². The minimum Gasteiger partial charge on any atom is -0.350 e. The van der Waals surface area contributed by atoms with Gasteiger partial charge in [-0.3, -0.25) is 9.59 Å². The molecule has 2 rings (SSSR count). The van der Waals surface area contributed by atoms with E-state index in [0.717, 1.165) is 12.0 Å². The van der Waals surface area contributed by atoms with Gasteiger partial charge in [0.2, 0.25) is 5.91 Å². The maximum Gasteiger partial charge on any atom is 0.255 e. The Morgan fingerprint density at radius 3 is 2.58 bits per heavy atom. The number of carbonyl (C=O) groups is 2. The van der Waals surface area contributed by atoms with Crippen LogP contribution in [0.5, 0.6) is 0 Å². The van der Waals surface area contributed by atoms with Gasteiger partial charge in [-0.15, -0.1) is 0 Å². The molecular weight excluding hydrogens is 333 g/mol. The number of hydrogen-bond donors (Lipinski definition) is 3. The van der Waals surface area contributed by atoms with Gasteiger partial charge in [-0.25, -0.2) is 4.39 Å². The van der Waals surface area contributed by atoms with Crippen LogP contribution in [-0.2, 0) is 11.3 Å². The normalized spacial score (nSPS) is 12.9. The lowest BCUT2D eigenvalue weighted by atomic mass is 9.96. The lowest BCUT2D eigenvalue weighted by Gasteiger charge is -2.22. The van der Waals surface area contributed by atoms with Crippen molar-refractivity contribution in [2.45, 2.75) is 38.8 Å². The predicted molar refractivity (Wildman–Crippen MR) is 100 cm³/mol. The molecule has 6 heteroatoms. The summed E-state index contributed by atoms with van der Waals surface area (Å²) in [5, 5.41) is 5.54. The van der Waals surface area contributed by atoms with Crippen LogP contribution in [0.2, 0.25) is 0 Å². The Labute approximate surface area is 152 Å². The van der Waals surface area contributed by atoms with Gasteiger partial charge in [0, 0.05) is 17.8 Å². The van der Waals surface area contributed by atoms with Crippen molar-refractivity contribution in [1.82, 2.24) is 5.32 Å². The van der Waals surface area contributed by atoms with Crippen molar-refractivity contribution in [2.75, 3.05) is 5.32 Å². The molecule has 2 amide bonds. The predicted octanol–water partition coefficient (Wildman–Crippen LogP) is 3.21. The van der Waals surface area contributed by atoms with Crippen LogP contribution in [0.1, 0.15) is 42.6 Å². The van der Waals surface area contributed by atoms with E-state index in [1.54, 1.807) is 25.1 Å². The first-order valence-electron chi connectivity index (χ1n) is 8.55. The summed E-state index contributed by atoms with van der Waals surface area (Å²) in [6.07, 6.45) is 1.42. The number of anilines is 1. The summed E-state index contributed by atoms with van der Waals surface area (Å²) in [7, 11) is 0. The summed E-state index contributed by atoms with van der Waals surface area (Å²) in [5.74, 6) is -1.08. The Morgan fingerprint density at radius 2 is 1.88 bits per heavy atom. The van der Waals surface area contributed by atoms with Gasteiger partial charge in [-0.05, 0) is 49.2 Å². The van der Waals surface area contributed by atoms with E-state index < -0.39 is 17.3 Å². The third-order valence-corrected chi connectivity index (χ3v) is 4.01. The van der Waals surface area contributed by atoms with Crippen molar-refractivity contribution in [3.8, 4) is 0 Å². The first-order chi connectivity index (χ1) is 12.3. The van der Waals surface area contributed by atoms with Gasteiger partial charge in [0.15, 0.2) is 0 Å². The fourth-order valence-electron chi connectivity index (χ4n) is 2.61. The van der Waals surface area contributed by atoms with Crippen molar-refractivity contribution in [1.29, 1.82) is 0 Å². The van der Waals surface area contributed by atoms with E-state index in [-0.39, 0.29) is 11.5 Å². The first kappa shape index (κ1) is 19.6. The van der Waals surface area contributed by atoms with Crippen LogP contribution in [0.25, 0.3) is 0 Å². The highest BCUT2D eigenvalue weighted by Crippen LogP contribution is 2.14. The SMILES string of the molecule is CCCC(C)(N)C(=O)NCc1cccc(NC(=O)c2cccc(F)c2)c1. The van der Waals surface area contributed by atoms with Crippen molar-refractivity contribution in [3.05, 3.63) is 65.5 Å². The number of carbonyl (C=O) groups excluding carboxylic acids is 2. The number of nitrogens with two attached hydrogens (primary N) is 1. The lowest BCUT2D eigenvalue weighted by Crippen LogP contribution is -2.51. The molecule has 0 aromatic heterocycles. The molecule has 1 unspecified atom stereocenters. The summed E-state index contributed by atoms with van der Waals surface area (Å²) in [4.78, 5) is 24.3. The van der Waals surface area contributed by atoms with Gasteiger partial charge in [-0.2, -0.15) is 0 Å². The molecule has 0 aliphatic carbocycles. The van der Waals surface area contributed by atoms with Crippen molar-refractivity contribution >= 4 is 17.5 Å². The molecule has 4 N–H and O–H groups in total. The Hall–Kier alpha value is -2.73. The Kier molecular flexibility index (Phi) is 6.46. The Bertz CT molecular complexity index is 790. The van der Waals surface area contributed by atoms with Gasteiger partial charge < -0.3 is 16.4 Å². The zero-order valence-corrected chi connectivity index (χ0v) is 15.0. The number of hydrogen-bond acceptors (Lipinski definition) is 3. The molecule has 0 spiro atoms. The third kappa shape index (κ3) is 5.39. The van der Waals surface area contributed by atoms with E-state index >= 15 is 0 Å². The van der Waals surface area contributed by atoms with Crippen LogP contribution < -0.4 is 16.4 Å². The highest BCUT2D eigenvalue weighted by Gasteiger charge is 2.26. The van der Waals surface area contributed by atoms with E-state index in [0.29, 0.717) is 18.7 Å². The minimum absolute atomic E-state index is 0.214. The Balaban J connectivity index is 1.99. The molecule has 0 fully saturated rings. The fraction of sp³-hybridized carbons (Fsp3) is 0.300. The summed E-state index contributed by atoms with van der Waals surface area (Å²) in [5.41, 5.74) is 6.73. The second-order valence-electron chi connectivity index (χ2n) is 6.51. The van der Waals surface area contributed by atoms with Gasteiger partial charge >= 0.3 is 0 Å². The van der Waals surface area contributed by atoms with Gasteiger partial charge in [0.25, 0.3) is 5.91 Å². The minimum atomic E-state index is -0.905. The number of rotatable bonds is 7. The summed E-state index contributed by atoms with van der Waals surface area (Å²) in [6, 6.07) is 12.6. The lowest BCUT2D eigenvalue weighted by molar-refractivity contribution is -0.126. The smallest absolute Gasteiger partial charge is 0.255 e.